The molecule has 1 saturated carbocycles. The molecule has 3 atom stereocenters. The molecule has 51 heavy (non-hydrogen) atoms. The molecular weight excluding hydrogens is 668 g/mol. The van der Waals surface area contributed by atoms with Gasteiger partial charge in [0, 0.05) is 63.8 Å². The maximum absolute atomic E-state index is 13.5. The van der Waals surface area contributed by atoms with Crippen LogP contribution in [0.3, 0.4) is 0 Å². The highest BCUT2D eigenvalue weighted by Gasteiger charge is 2.45. The normalized spacial score (nSPS) is 19.0. The third-order valence-corrected chi connectivity index (χ3v) is 8.93. The highest BCUT2D eigenvalue weighted by atomic mass is 35.5. The summed E-state index contributed by atoms with van der Waals surface area (Å²) >= 11 is 6.58. The lowest BCUT2D eigenvalue weighted by Crippen LogP contribution is -2.55. The third kappa shape index (κ3) is 13.5. The molecule has 3 aliphatic rings. The van der Waals surface area contributed by atoms with Gasteiger partial charge in [-0.1, -0.05) is 56.3 Å². The first-order valence-electron chi connectivity index (χ1n) is 17.2. The van der Waals surface area contributed by atoms with Crippen molar-refractivity contribution >= 4 is 48.9 Å². The average Bonchev–Trinajstić information content (AvgIpc) is 3.26. The van der Waals surface area contributed by atoms with Crippen LogP contribution in [0.4, 0.5) is 4.79 Å². The Bertz CT molecular complexity index is 1360. The van der Waals surface area contributed by atoms with E-state index < -0.39 is 11.6 Å². The summed E-state index contributed by atoms with van der Waals surface area (Å²) in [5.74, 6) is -0.133. The lowest BCUT2D eigenvalue weighted by Gasteiger charge is -2.40. The number of nitrogens with one attached hydrogen (secondary N) is 3. The van der Waals surface area contributed by atoms with E-state index in [9.17, 15) is 9.59 Å². The molecule has 0 radical (unpaired) electrons. The number of hydrogen-bond donors (Lipinski definition) is 4. The second-order valence-corrected chi connectivity index (χ2v) is 12.5. The van der Waals surface area contributed by atoms with Crippen molar-refractivity contribution < 1.29 is 19.1 Å². The van der Waals surface area contributed by atoms with Crippen LogP contribution in [0.2, 0.25) is 5.02 Å². The second-order valence-electron chi connectivity index (χ2n) is 12.0. The predicted octanol–water partition coefficient (Wildman–Crippen LogP) is 6.15. The molecule has 1 saturated heterocycles. The molecule has 2 aliphatic carbocycles. The van der Waals surface area contributed by atoms with Gasteiger partial charge in [-0.15, -0.1) is 0 Å². The maximum atomic E-state index is 13.5. The fourth-order valence-corrected chi connectivity index (χ4v) is 5.88. The van der Waals surface area contributed by atoms with Crippen molar-refractivity contribution in [2.45, 2.75) is 76.7 Å². The largest absolute Gasteiger partial charge is 0.446 e. The lowest BCUT2D eigenvalue weighted by atomic mass is 9.79. The van der Waals surface area contributed by atoms with Crippen LogP contribution < -0.4 is 16.4 Å². The number of hydrogen-bond acceptors (Lipinski definition) is 9. The van der Waals surface area contributed by atoms with E-state index in [1.165, 1.54) is 6.20 Å². The fourth-order valence-electron chi connectivity index (χ4n) is 5.71. The van der Waals surface area contributed by atoms with Crippen LogP contribution in [-0.2, 0) is 14.3 Å². The number of piperazine rings is 1. The smallest absolute Gasteiger partial charge is 0.410 e. The Balaban J connectivity index is 0.00000131. The van der Waals surface area contributed by atoms with Crippen LogP contribution in [0.5, 0.6) is 0 Å². The number of carbonyl (C=O) groups excluding carboxylic acids is 2. The number of amides is 2. The zero-order chi connectivity index (χ0) is 38.4. The van der Waals surface area contributed by atoms with Gasteiger partial charge in [-0.25, -0.2) is 4.79 Å². The van der Waals surface area contributed by atoms with E-state index in [2.05, 4.69) is 64.3 Å². The molecule has 1 aromatic carbocycles. The molecule has 1 heterocycles. The summed E-state index contributed by atoms with van der Waals surface area (Å²) in [6.45, 7) is 22.4. The minimum absolute atomic E-state index is 0.0360. The summed E-state index contributed by atoms with van der Waals surface area (Å²) in [5, 5.41) is 12.4. The monoisotopic (exact) mass is 726 g/mol. The van der Waals surface area contributed by atoms with Crippen molar-refractivity contribution in [3.05, 3.63) is 77.6 Å². The minimum Gasteiger partial charge on any atom is -0.446 e. The van der Waals surface area contributed by atoms with Gasteiger partial charge in [0.15, 0.2) is 0 Å². The average molecular weight is 727 g/mol. The predicted molar refractivity (Wildman–Crippen MR) is 212 cm³/mol. The molecule has 1 aromatic rings. The summed E-state index contributed by atoms with van der Waals surface area (Å²) < 4.78 is 11.2. The zero-order valence-electron chi connectivity index (χ0n) is 31.1. The first kappa shape index (κ1) is 44.9. The molecule has 2 fully saturated rings. The van der Waals surface area contributed by atoms with Crippen molar-refractivity contribution in [3.8, 4) is 0 Å². The standard InChI is InChI=1S/C32H44ClN5O4.C3H5N.C2H7N.CH3N/c1-6-23(3)42-31(40)38-16-14-37(15-17-38)29-19-22(2)18-27(26-20-24(33)8-9-25(26)29)28(10-13-35-21-34-4)36-30(39)32(41-5)11-7-12-32;1-3-4-2;1-2-3;1-2/h8-10,13,18,20-21,23,28-29H,2,6-7,11-12,14-17,19H2,1,3-5H3,(H,34,35)(H,36,39);3H,1-2H2;2-3H2,1H3;2H,1H2/b13-10+;;;. The molecule has 12 nitrogen and oxygen atoms in total. The van der Waals surface area contributed by atoms with Gasteiger partial charge in [-0.3, -0.25) is 19.7 Å². The molecule has 1 aliphatic heterocycles. The molecule has 0 spiro atoms. The van der Waals surface area contributed by atoms with E-state index in [-0.39, 0.29) is 24.1 Å². The minimum atomic E-state index is -0.803. The number of rotatable bonds is 11. The van der Waals surface area contributed by atoms with Crippen molar-refractivity contribution in [1.82, 2.24) is 20.4 Å². The highest BCUT2D eigenvalue weighted by molar-refractivity contribution is 6.30. The number of nitrogens with zero attached hydrogens (tertiary/aromatic N) is 4. The number of nitrogens with two attached hydrogens (primary N) is 1. The fraction of sp³-hybridized carbons (Fsp3) is 0.500. The van der Waals surface area contributed by atoms with Crippen LogP contribution in [0, 0.1) is 5.41 Å². The van der Waals surface area contributed by atoms with Crippen molar-refractivity contribution in [2.75, 3.05) is 46.9 Å². The molecule has 13 heteroatoms. The number of aliphatic imine (C=N–C) groups is 2. The van der Waals surface area contributed by atoms with Crippen LogP contribution >= 0.6 is 11.6 Å². The number of ether oxygens (including phenoxy) is 2. The van der Waals surface area contributed by atoms with Gasteiger partial charge in [0.05, 0.1) is 12.4 Å². The van der Waals surface area contributed by atoms with Gasteiger partial charge in [-0.05, 0) is 93.9 Å². The van der Waals surface area contributed by atoms with E-state index in [0.717, 1.165) is 41.7 Å². The summed E-state index contributed by atoms with van der Waals surface area (Å²) in [6, 6.07) is 5.52. The highest BCUT2D eigenvalue weighted by Crippen LogP contribution is 2.41. The van der Waals surface area contributed by atoms with E-state index in [1.54, 1.807) is 31.6 Å². The number of halogens is 1. The second kappa shape index (κ2) is 24.2. The number of fused-ring (bicyclic) bond motifs is 1. The van der Waals surface area contributed by atoms with Crippen molar-refractivity contribution in [2.24, 2.45) is 15.7 Å². The van der Waals surface area contributed by atoms with Gasteiger partial charge >= 0.3 is 6.09 Å². The van der Waals surface area contributed by atoms with E-state index >= 15 is 0 Å². The summed E-state index contributed by atoms with van der Waals surface area (Å²) in [5.41, 5.74) is 7.97. The summed E-state index contributed by atoms with van der Waals surface area (Å²) in [6.07, 6.45) is 12.2. The molecule has 0 bridgehead atoms. The number of carbonyl (C=O) groups is 2. The molecule has 5 N–H and O–H groups in total. The Morgan fingerprint density at radius 1 is 1.22 bits per heavy atom. The van der Waals surface area contributed by atoms with Crippen LogP contribution in [0.1, 0.15) is 70.0 Å². The van der Waals surface area contributed by atoms with Gasteiger partial charge in [0.25, 0.3) is 5.91 Å². The first-order valence-corrected chi connectivity index (χ1v) is 17.6. The SMILES string of the molecule is C=C1C=C(C(/C=C/NC=NC)NC(=O)C2(OC)CCC2)c2cc(Cl)ccc2C(N2CCN(C(=O)OC(C)CC)CC2)C1.C=CN=C.C=N.CCN. The van der Waals surface area contributed by atoms with E-state index in [1.807, 2.05) is 39.0 Å². The van der Waals surface area contributed by atoms with Gasteiger partial charge in [-0.2, -0.15) is 0 Å². The molecular formula is C38H59ClN8O4. The maximum Gasteiger partial charge on any atom is 0.410 e. The van der Waals surface area contributed by atoms with E-state index in [4.69, 9.17) is 32.2 Å². The topological polar surface area (TPSA) is 158 Å². The third-order valence-electron chi connectivity index (χ3n) is 8.70. The number of benzene rings is 1. The quantitative estimate of drug-likeness (QED) is 0.157. The summed E-state index contributed by atoms with van der Waals surface area (Å²) in [4.78, 5) is 37.5. The Hall–Kier alpha value is -4.10. The Labute approximate surface area is 310 Å². The number of allylic oxidation sites excluding steroid dienone is 1. The Kier molecular flexibility index (Phi) is 21.3. The molecule has 3 unspecified atom stereocenters. The van der Waals surface area contributed by atoms with Gasteiger partial charge in [0.1, 0.15) is 11.7 Å². The molecule has 282 valence electrons. The van der Waals surface area contributed by atoms with Crippen LogP contribution in [0.25, 0.3) is 5.57 Å². The summed E-state index contributed by atoms with van der Waals surface area (Å²) in [7, 11) is 3.28. The van der Waals surface area contributed by atoms with Gasteiger partial charge < -0.3 is 36.2 Å². The van der Waals surface area contributed by atoms with E-state index in [0.29, 0.717) is 50.5 Å². The first-order chi connectivity index (χ1) is 24.5. The van der Waals surface area contributed by atoms with Crippen molar-refractivity contribution in [1.29, 1.82) is 5.41 Å². The Morgan fingerprint density at radius 2 is 1.84 bits per heavy atom. The molecule has 4 rings (SSSR count). The molecule has 0 aromatic heterocycles. The van der Waals surface area contributed by atoms with Crippen LogP contribution in [0.15, 0.2) is 71.5 Å². The molecule has 2 amide bonds. The zero-order valence-corrected chi connectivity index (χ0v) is 31.9. The lowest BCUT2D eigenvalue weighted by molar-refractivity contribution is -0.154. The van der Waals surface area contributed by atoms with Gasteiger partial charge in [0.2, 0.25) is 0 Å². The van der Waals surface area contributed by atoms with Crippen LogP contribution in [-0.4, -0.2) is 106 Å². The van der Waals surface area contributed by atoms with Crippen molar-refractivity contribution in [3.63, 3.8) is 0 Å². The number of methoxy groups -OCH3 is 1. The Morgan fingerprint density at radius 3 is 2.35 bits per heavy atom.